The van der Waals surface area contributed by atoms with Crippen LogP contribution in [0.15, 0.2) is 10.6 Å². The van der Waals surface area contributed by atoms with E-state index in [2.05, 4.69) is 36.1 Å². The third-order valence-electron chi connectivity index (χ3n) is 2.73. The fourth-order valence-electron chi connectivity index (χ4n) is 1.71. The summed E-state index contributed by atoms with van der Waals surface area (Å²) in [5.41, 5.74) is 0.938. The van der Waals surface area contributed by atoms with E-state index in [0.29, 0.717) is 6.04 Å². The first-order chi connectivity index (χ1) is 7.65. The average Bonchev–Trinajstić information content (AvgIpc) is 2.69. The van der Waals surface area contributed by atoms with Crippen LogP contribution < -0.4 is 5.32 Å². The van der Waals surface area contributed by atoms with E-state index in [4.69, 9.17) is 4.52 Å². The van der Waals surface area contributed by atoms with Crippen molar-refractivity contribution in [3.05, 3.63) is 17.5 Å². The van der Waals surface area contributed by atoms with Crippen molar-refractivity contribution in [2.24, 2.45) is 0 Å². The van der Waals surface area contributed by atoms with Gasteiger partial charge in [-0.05, 0) is 26.9 Å². The van der Waals surface area contributed by atoms with Crippen LogP contribution in [0.4, 0.5) is 0 Å². The minimum atomic E-state index is 0.463. The molecule has 0 aliphatic carbocycles. The summed E-state index contributed by atoms with van der Waals surface area (Å²) in [6.45, 7) is 12.5. The van der Waals surface area contributed by atoms with Gasteiger partial charge in [0.2, 0.25) is 0 Å². The third kappa shape index (κ3) is 4.33. The Bertz CT molecular complexity index is 294. The fraction of sp³-hybridized carbons (Fsp3) is 0.750. The Morgan fingerprint density at radius 3 is 2.62 bits per heavy atom. The fourth-order valence-corrected chi connectivity index (χ4v) is 1.71. The first kappa shape index (κ1) is 13.2. The van der Waals surface area contributed by atoms with Crippen LogP contribution in [0.25, 0.3) is 0 Å². The highest BCUT2D eigenvalue weighted by Gasteiger charge is 2.07. The van der Waals surface area contributed by atoms with Crippen LogP contribution in [0.5, 0.6) is 0 Å². The summed E-state index contributed by atoms with van der Waals surface area (Å²) in [6, 6.07) is 2.43. The van der Waals surface area contributed by atoms with E-state index >= 15 is 0 Å². The zero-order valence-corrected chi connectivity index (χ0v) is 10.8. The topological polar surface area (TPSA) is 41.3 Å². The number of hydrogen-bond donors (Lipinski definition) is 1. The standard InChI is InChI=1S/C12H23N3O/c1-5-15(6-2)9-11(4)13-8-12-7-10(3)14-16-12/h7,11,13H,5-6,8-9H2,1-4H3. The van der Waals surface area contributed by atoms with Gasteiger partial charge in [0.25, 0.3) is 0 Å². The van der Waals surface area contributed by atoms with Crippen LogP contribution >= 0.6 is 0 Å². The lowest BCUT2D eigenvalue weighted by Crippen LogP contribution is -2.38. The molecule has 1 aromatic rings. The zero-order chi connectivity index (χ0) is 12.0. The van der Waals surface area contributed by atoms with E-state index in [-0.39, 0.29) is 0 Å². The minimum absolute atomic E-state index is 0.463. The van der Waals surface area contributed by atoms with Gasteiger partial charge in [0, 0.05) is 18.7 Å². The van der Waals surface area contributed by atoms with E-state index < -0.39 is 0 Å². The Hall–Kier alpha value is -0.870. The van der Waals surface area contributed by atoms with Crippen LogP contribution in [-0.2, 0) is 6.54 Å². The maximum atomic E-state index is 5.15. The smallest absolute Gasteiger partial charge is 0.150 e. The molecule has 1 atom stereocenters. The number of nitrogens with one attached hydrogen (secondary N) is 1. The maximum Gasteiger partial charge on any atom is 0.150 e. The summed E-state index contributed by atoms with van der Waals surface area (Å²) < 4.78 is 5.15. The van der Waals surface area contributed by atoms with Crippen molar-refractivity contribution in [1.82, 2.24) is 15.4 Å². The Labute approximate surface area is 98.0 Å². The van der Waals surface area contributed by atoms with Crippen molar-refractivity contribution in [3.63, 3.8) is 0 Å². The molecule has 0 aromatic carbocycles. The Morgan fingerprint density at radius 2 is 2.12 bits per heavy atom. The second kappa shape index (κ2) is 6.66. The number of hydrogen-bond acceptors (Lipinski definition) is 4. The van der Waals surface area contributed by atoms with Crippen molar-refractivity contribution in [1.29, 1.82) is 0 Å². The average molecular weight is 225 g/mol. The van der Waals surface area contributed by atoms with Gasteiger partial charge in [-0.1, -0.05) is 19.0 Å². The van der Waals surface area contributed by atoms with Crippen LogP contribution in [0.1, 0.15) is 32.2 Å². The number of nitrogens with zero attached hydrogens (tertiary/aromatic N) is 2. The number of likely N-dealkylation sites (N-methyl/N-ethyl adjacent to an activating group) is 1. The van der Waals surface area contributed by atoms with Crippen LogP contribution in [0.2, 0.25) is 0 Å². The molecule has 0 aliphatic rings. The third-order valence-corrected chi connectivity index (χ3v) is 2.73. The summed E-state index contributed by atoms with van der Waals surface area (Å²) in [7, 11) is 0. The van der Waals surface area contributed by atoms with Crippen molar-refractivity contribution >= 4 is 0 Å². The molecule has 0 radical (unpaired) electrons. The van der Waals surface area contributed by atoms with Gasteiger partial charge in [-0.25, -0.2) is 0 Å². The highest BCUT2D eigenvalue weighted by molar-refractivity contribution is 5.02. The van der Waals surface area contributed by atoms with E-state index in [1.54, 1.807) is 0 Å². The van der Waals surface area contributed by atoms with E-state index in [9.17, 15) is 0 Å². The Balaban J connectivity index is 2.26. The molecule has 0 saturated heterocycles. The molecular formula is C12H23N3O. The first-order valence-electron chi connectivity index (χ1n) is 6.03. The summed E-state index contributed by atoms with van der Waals surface area (Å²) >= 11 is 0. The van der Waals surface area contributed by atoms with Gasteiger partial charge in [-0.15, -0.1) is 0 Å². The SMILES string of the molecule is CCN(CC)CC(C)NCc1cc(C)no1. The van der Waals surface area contributed by atoms with Gasteiger partial charge in [-0.3, -0.25) is 0 Å². The van der Waals surface area contributed by atoms with Gasteiger partial charge >= 0.3 is 0 Å². The normalized spacial score (nSPS) is 13.3. The lowest BCUT2D eigenvalue weighted by Gasteiger charge is -2.23. The van der Waals surface area contributed by atoms with Gasteiger partial charge in [0.1, 0.15) is 0 Å². The molecule has 0 bridgehead atoms. The monoisotopic (exact) mass is 225 g/mol. The molecule has 0 spiro atoms. The van der Waals surface area contributed by atoms with Gasteiger partial charge in [0.05, 0.1) is 12.2 Å². The van der Waals surface area contributed by atoms with Gasteiger partial charge in [-0.2, -0.15) is 0 Å². The zero-order valence-electron chi connectivity index (χ0n) is 10.8. The lowest BCUT2D eigenvalue weighted by molar-refractivity contribution is 0.265. The summed E-state index contributed by atoms with van der Waals surface area (Å²) in [6.07, 6.45) is 0. The molecule has 1 rings (SSSR count). The number of aryl methyl sites for hydroxylation is 1. The molecular weight excluding hydrogens is 202 g/mol. The first-order valence-corrected chi connectivity index (χ1v) is 6.03. The van der Waals surface area contributed by atoms with Crippen LogP contribution in [0.3, 0.4) is 0 Å². The summed E-state index contributed by atoms with van der Waals surface area (Å²) in [4.78, 5) is 2.41. The van der Waals surface area contributed by atoms with E-state index in [1.807, 2.05) is 13.0 Å². The van der Waals surface area contributed by atoms with E-state index in [0.717, 1.165) is 37.6 Å². The highest BCUT2D eigenvalue weighted by Crippen LogP contribution is 2.02. The molecule has 92 valence electrons. The van der Waals surface area contributed by atoms with E-state index in [1.165, 1.54) is 0 Å². The molecule has 1 N–H and O–H groups in total. The molecule has 1 aromatic heterocycles. The molecule has 1 heterocycles. The minimum Gasteiger partial charge on any atom is -0.360 e. The summed E-state index contributed by atoms with van der Waals surface area (Å²) in [5.74, 6) is 0.906. The van der Waals surface area contributed by atoms with Crippen LogP contribution in [-0.4, -0.2) is 35.7 Å². The molecule has 16 heavy (non-hydrogen) atoms. The highest BCUT2D eigenvalue weighted by atomic mass is 16.5. The molecule has 4 heteroatoms. The van der Waals surface area contributed by atoms with Gasteiger partial charge < -0.3 is 14.7 Å². The van der Waals surface area contributed by atoms with Crippen molar-refractivity contribution in [3.8, 4) is 0 Å². The maximum absolute atomic E-state index is 5.15. The lowest BCUT2D eigenvalue weighted by atomic mass is 10.3. The molecule has 1 unspecified atom stereocenters. The predicted octanol–water partition coefficient (Wildman–Crippen LogP) is 1.80. The molecule has 0 amide bonds. The van der Waals surface area contributed by atoms with Crippen molar-refractivity contribution < 1.29 is 4.52 Å². The molecule has 0 saturated carbocycles. The Morgan fingerprint density at radius 1 is 1.44 bits per heavy atom. The van der Waals surface area contributed by atoms with Crippen molar-refractivity contribution in [2.75, 3.05) is 19.6 Å². The van der Waals surface area contributed by atoms with Gasteiger partial charge in [0.15, 0.2) is 5.76 Å². The largest absolute Gasteiger partial charge is 0.360 e. The molecule has 4 nitrogen and oxygen atoms in total. The van der Waals surface area contributed by atoms with Crippen molar-refractivity contribution in [2.45, 2.75) is 40.3 Å². The number of rotatable bonds is 7. The molecule has 0 fully saturated rings. The quantitative estimate of drug-likeness (QED) is 0.768. The number of aromatic nitrogens is 1. The molecule has 0 aliphatic heterocycles. The Kier molecular flexibility index (Phi) is 5.49. The second-order valence-electron chi connectivity index (χ2n) is 4.20. The predicted molar refractivity (Wildman–Crippen MR) is 65.3 cm³/mol. The summed E-state index contributed by atoms with van der Waals surface area (Å²) in [5, 5.41) is 7.30. The second-order valence-corrected chi connectivity index (χ2v) is 4.20. The van der Waals surface area contributed by atoms with Crippen LogP contribution in [0, 0.1) is 6.92 Å².